The lowest BCUT2D eigenvalue weighted by molar-refractivity contribution is -0.126. The smallest absolute Gasteiger partial charge is 0.319 e. The van der Waals surface area contributed by atoms with E-state index in [-0.39, 0.29) is 17.9 Å². The first kappa shape index (κ1) is 18.5. The van der Waals surface area contributed by atoms with Gasteiger partial charge in [-0.2, -0.15) is 0 Å². The zero-order chi connectivity index (χ0) is 17.5. The van der Waals surface area contributed by atoms with E-state index < -0.39 is 0 Å². The molecule has 0 radical (unpaired) electrons. The maximum atomic E-state index is 12.4. The molecule has 3 fully saturated rings. The van der Waals surface area contributed by atoms with Crippen LogP contribution in [0.2, 0.25) is 0 Å². The normalized spacial score (nSPS) is 23.0. The van der Waals surface area contributed by atoms with Crippen LogP contribution >= 0.6 is 0 Å². The van der Waals surface area contributed by atoms with Gasteiger partial charge in [0, 0.05) is 64.8 Å². The largest absolute Gasteiger partial charge is 0.356 e. The van der Waals surface area contributed by atoms with Gasteiger partial charge in [-0.3, -0.25) is 4.79 Å². The van der Waals surface area contributed by atoms with Crippen LogP contribution in [0.5, 0.6) is 0 Å². The number of amides is 3. The number of carbonyl (C=O) groups excluding carboxylic acids is 2. The minimum absolute atomic E-state index is 0.0711. The summed E-state index contributed by atoms with van der Waals surface area (Å²) in [7, 11) is 0. The van der Waals surface area contributed by atoms with Crippen molar-refractivity contribution in [2.45, 2.75) is 32.1 Å². The molecule has 25 heavy (non-hydrogen) atoms. The number of hydrogen-bond donors (Lipinski definition) is 2. The van der Waals surface area contributed by atoms with E-state index in [0.29, 0.717) is 13.1 Å². The molecule has 3 rings (SSSR count). The first-order valence-electron chi connectivity index (χ1n) is 9.98. The van der Waals surface area contributed by atoms with Crippen LogP contribution in [0, 0.1) is 5.92 Å². The van der Waals surface area contributed by atoms with Crippen LogP contribution in [-0.2, 0) is 4.79 Å². The van der Waals surface area contributed by atoms with Crippen LogP contribution in [0.3, 0.4) is 0 Å². The van der Waals surface area contributed by atoms with Crippen LogP contribution in [-0.4, -0.2) is 92.1 Å². The first-order chi connectivity index (χ1) is 12.2. The third-order valence-corrected chi connectivity index (χ3v) is 5.67. The molecule has 3 aliphatic rings. The lowest BCUT2D eigenvalue weighted by atomic mass is 9.96. The van der Waals surface area contributed by atoms with E-state index in [1.54, 1.807) is 0 Å². The molecule has 0 saturated carbocycles. The van der Waals surface area contributed by atoms with Gasteiger partial charge in [0.15, 0.2) is 0 Å². The van der Waals surface area contributed by atoms with Crippen molar-refractivity contribution in [3.63, 3.8) is 0 Å². The van der Waals surface area contributed by atoms with Crippen LogP contribution in [0.1, 0.15) is 32.1 Å². The molecule has 3 amide bonds. The second-order valence-electron chi connectivity index (χ2n) is 7.47. The Morgan fingerprint density at radius 3 is 2.24 bits per heavy atom. The van der Waals surface area contributed by atoms with Gasteiger partial charge in [0.1, 0.15) is 0 Å². The van der Waals surface area contributed by atoms with Crippen LogP contribution in [0.4, 0.5) is 4.79 Å². The Kier molecular flexibility index (Phi) is 6.93. The zero-order valence-electron chi connectivity index (χ0n) is 15.3. The highest BCUT2D eigenvalue weighted by Crippen LogP contribution is 2.20. The molecule has 3 aliphatic heterocycles. The third kappa shape index (κ3) is 5.31. The van der Waals surface area contributed by atoms with Crippen molar-refractivity contribution in [1.82, 2.24) is 25.3 Å². The Balaban J connectivity index is 1.29. The van der Waals surface area contributed by atoms with E-state index in [1.807, 2.05) is 9.80 Å². The Morgan fingerprint density at radius 1 is 0.920 bits per heavy atom. The minimum atomic E-state index is 0.0711. The summed E-state index contributed by atoms with van der Waals surface area (Å²) in [4.78, 5) is 31.0. The van der Waals surface area contributed by atoms with E-state index in [2.05, 4.69) is 15.5 Å². The molecule has 0 spiro atoms. The van der Waals surface area contributed by atoms with Gasteiger partial charge in [0.2, 0.25) is 5.91 Å². The molecule has 7 heteroatoms. The lowest BCUT2D eigenvalue weighted by Crippen LogP contribution is -2.48. The molecule has 3 heterocycles. The van der Waals surface area contributed by atoms with Crippen LogP contribution in [0.25, 0.3) is 0 Å². The Hall–Kier alpha value is -1.34. The summed E-state index contributed by atoms with van der Waals surface area (Å²) >= 11 is 0. The summed E-state index contributed by atoms with van der Waals surface area (Å²) in [6.45, 7) is 9.40. The summed E-state index contributed by atoms with van der Waals surface area (Å²) in [5, 5.41) is 6.45. The molecule has 0 aliphatic carbocycles. The van der Waals surface area contributed by atoms with Gasteiger partial charge >= 0.3 is 6.03 Å². The van der Waals surface area contributed by atoms with Crippen molar-refractivity contribution in [2.24, 2.45) is 5.92 Å². The monoisotopic (exact) mass is 351 g/mol. The Morgan fingerprint density at radius 2 is 1.56 bits per heavy atom. The number of urea groups is 1. The molecule has 142 valence electrons. The predicted molar refractivity (Wildman–Crippen MR) is 97.4 cm³/mol. The van der Waals surface area contributed by atoms with Gasteiger partial charge in [0.25, 0.3) is 0 Å². The number of nitrogens with one attached hydrogen (secondary N) is 2. The van der Waals surface area contributed by atoms with Gasteiger partial charge in [-0.25, -0.2) is 4.79 Å². The molecule has 0 aromatic heterocycles. The van der Waals surface area contributed by atoms with Crippen LogP contribution in [0.15, 0.2) is 0 Å². The van der Waals surface area contributed by atoms with E-state index in [0.717, 1.165) is 84.5 Å². The maximum absolute atomic E-state index is 12.4. The summed E-state index contributed by atoms with van der Waals surface area (Å²) in [5.74, 6) is 0.246. The zero-order valence-corrected chi connectivity index (χ0v) is 15.3. The van der Waals surface area contributed by atoms with E-state index in [4.69, 9.17) is 0 Å². The molecule has 2 N–H and O–H groups in total. The number of piperidine rings is 1. The number of hydrogen-bond acceptors (Lipinski definition) is 4. The van der Waals surface area contributed by atoms with Gasteiger partial charge in [-0.15, -0.1) is 0 Å². The number of carbonyl (C=O) groups is 2. The fourth-order valence-corrected chi connectivity index (χ4v) is 4.03. The van der Waals surface area contributed by atoms with E-state index in [1.165, 1.54) is 0 Å². The van der Waals surface area contributed by atoms with E-state index in [9.17, 15) is 9.59 Å². The van der Waals surface area contributed by atoms with Crippen LogP contribution < -0.4 is 10.6 Å². The Bertz CT molecular complexity index is 439. The van der Waals surface area contributed by atoms with Crippen molar-refractivity contribution in [3.8, 4) is 0 Å². The highest BCUT2D eigenvalue weighted by atomic mass is 16.2. The summed E-state index contributed by atoms with van der Waals surface area (Å²) in [6.07, 6.45) is 4.85. The molecule has 0 bridgehead atoms. The fraction of sp³-hybridized carbons (Fsp3) is 0.889. The average molecular weight is 351 g/mol. The number of likely N-dealkylation sites (tertiary alicyclic amines) is 2. The summed E-state index contributed by atoms with van der Waals surface area (Å²) in [5.41, 5.74) is 0. The number of rotatable bonds is 5. The van der Waals surface area contributed by atoms with Crippen molar-refractivity contribution >= 4 is 11.9 Å². The molecule has 3 saturated heterocycles. The Labute approximate surface area is 151 Å². The second-order valence-corrected chi connectivity index (χ2v) is 7.47. The van der Waals surface area contributed by atoms with Crippen molar-refractivity contribution in [1.29, 1.82) is 0 Å². The number of piperazine rings is 1. The highest BCUT2D eigenvalue weighted by molar-refractivity contribution is 5.79. The maximum Gasteiger partial charge on any atom is 0.319 e. The number of nitrogens with zero attached hydrogens (tertiary/aromatic N) is 3. The molecule has 7 nitrogen and oxygen atoms in total. The quantitative estimate of drug-likeness (QED) is 0.701. The van der Waals surface area contributed by atoms with Crippen molar-refractivity contribution in [3.05, 3.63) is 0 Å². The van der Waals surface area contributed by atoms with E-state index >= 15 is 0 Å². The molecule has 0 aromatic carbocycles. The highest BCUT2D eigenvalue weighted by Gasteiger charge is 2.30. The average Bonchev–Trinajstić information content (AvgIpc) is 3.20. The minimum Gasteiger partial charge on any atom is -0.356 e. The first-order valence-corrected chi connectivity index (χ1v) is 9.98. The predicted octanol–water partition coefficient (Wildman–Crippen LogP) is 0.326. The molecule has 0 unspecified atom stereocenters. The van der Waals surface area contributed by atoms with Crippen molar-refractivity contribution < 1.29 is 9.59 Å². The van der Waals surface area contributed by atoms with Gasteiger partial charge in [0.05, 0.1) is 0 Å². The molecule has 0 atom stereocenters. The molecular formula is C18H33N5O2. The van der Waals surface area contributed by atoms with Gasteiger partial charge in [-0.1, -0.05) is 0 Å². The van der Waals surface area contributed by atoms with Gasteiger partial charge < -0.3 is 25.3 Å². The summed E-state index contributed by atoms with van der Waals surface area (Å²) < 4.78 is 0. The topological polar surface area (TPSA) is 67.9 Å². The fourth-order valence-electron chi connectivity index (χ4n) is 4.03. The molecular weight excluding hydrogens is 318 g/mol. The lowest BCUT2D eigenvalue weighted by Gasteiger charge is -2.34. The van der Waals surface area contributed by atoms with Crippen molar-refractivity contribution in [2.75, 3.05) is 65.4 Å². The second kappa shape index (κ2) is 9.38. The molecule has 0 aromatic rings. The summed E-state index contributed by atoms with van der Waals surface area (Å²) in [6, 6.07) is 0.173. The van der Waals surface area contributed by atoms with Gasteiger partial charge in [-0.05, 0) is 38.6 Å². The third-order valence-electron chi connectivity index (χ3n) is 5.67. The SMILES string of the molecule is O=C(NCCCN1CCNCC1)C1CCN(C(=O)N2CCCC2)CC1. The standard InChI is InChI=1S/C18H33N5O2/c24-17(20-6-3-9-21-14-7-19-8-15-21)16-4-12-23(13-5-16)18(25)22-10-1-2-11-22/h16,19H,1-15H2,(H,20,24).